The van der Waals surface area contributed by atoms with Crippen LogP contribution in [0.25, 0.3) is 5.03 Å². The molecule has 0 N–H and O–H groups in total. The molecule has 68 valence electrons. The molecule has 0 atom stereocenters. The van der Waals surface area contributed by atoms with Gasteiger partial charge in [0.15, 0.2) is 0 Å². The van der Waals surface area contributed by atoms with Crippen LogP contribution in [-0.4, -0.2) is 6.61 Å². The van der Waals surface area contributed by atoms with Crippen molar-refractivity contribution < 1.29 is 4.74 Å². The lowest BCUT2D eigenvalue weighted by Gasteiger charge is -2.18. The van der Waals surface area contributed by atoms with E-state index in [1.165, 1.54) is 0 Å². The highest BCUT2D eigenvalue weighted by atomic mass is 35.5. The Hall–Kier alpha value is -0.660. The molecule has 0 saturated carbocycles. The van der Waals surface area contributed by atoms with Gasteiger partial charge in [0.1, 0.15) is 12.4 Å². The molecular formula is C10H8Cl2O. The van der Waals surface area contributed by atoms with E-state index in [-0.39, 0.29) is 0 Å². The van der Waals surface area contributed by atoms with Crippen LogP contribution < -0.4 is 4.74 Å². The van der Waals surface area contributed by atoms with Crippen LogP contribution in [0.4, 0.5) is 0 Å². The van der Waals surface area contributed by atoms with Gasteiger partial charge in [-0.1, -0.05) is 23.2 Å². The van der Waals surface area contributed by atoms with E-state index in [0.717, 1.165) is 21.9 Å². The Balaban J connectivity index is 2.60. The highest BCUT2D eigenvalue weighted by molar-refractivity contribution is 6.49. The molecule has 2 rings (SSSR count). The number of benzene rings is 1. The van der Waals surface area contributed by atoms with Crippen LogP contribution in [0.2, 0.25) is 5.02 Å². The second kappa shape index (κ2) is 3.24. The van der Waals surface area contributed by atoms with E-state index in [4.69, 9.17) is 27.9 Å². The Morgan fingerprint density at radius 1 is 1.31 bits per heavy atom. The van der Waals surface area contributed by atoms with Gasteiger partial charge in [-0.05, 0) is 30.7 Å². The van der Waals surface area contributed by atoms with Gasteiger partial charge in [0, 0.05) is 10.6 Å². The summed E-state index contributed by atoms with van der Waals surface area (Å²) < 4.78 is 5.46. The summed E-state index contributed by atoms with van der Waals surface area (Å²) in [6, 6.07) is 5.46. The third kappa shape index (κ3) is 1.54. The number of rotatable bonds is 0. The van der Waals surface area contributed by atoms with Crippen LogP contribution in [0.1, 0.15) is 12.5 Å². The van der Waals surface area contributed by atoms with E-state index in [0.29, 0.717) is 11.6 Å². The molecule has 0 unspecified atom stereocenters. The highest BCUT2D eigenvalue weighted by Crippen LogP contribution is 2.36. The van der Waals surface area contributed by atoms with E-state index in [2.05, 4.69) is 0 Å². The smallest absolute Gasteiger partial charge is 0.128 e. The van der Waals surface area contributed by atoms with Crippen LogP contribution in [0.5, 0.6) is 5.75 Å². The number of halogens is 2. The maximum Gasteiger partial charge on any atom is 0.128 e. The number of fused-ring (bicyclic) bond motifs is 1. The molecule has 0 fully saturated rings. The summed E-state index contributed by atoms with van der Waals surface area (Å²) in [6.45, 7) is 2.51. The van der Waals surface area contributed by atoms with Crippen molar-refractivity contribution in [2.75, 3.05) is 6.61 Å². The Labute approximate surface area is 86.9 Å². The minimum absolute atomic E-state index is 0.563. The molecule has 1 nitrogen and oxygen atoms in total. The molecule has 1 aliphatic heterocycles. The molecule has 1 aliphatic rings. The number of ether oxygens (including phenoxy) is 1. The molecular weight excluding hydrogens is 207 g/mol. The third-order valence-electron chi connectivity index (χ3n) is 2.00. The van der Waals surface area contributed by atoms with Crippen molar-refractivity contribution in [3.8, 4) is 5.75 Å². The zero-order chi connectivity index (χ0) is 9.42. The first-order chi connectivity index (χ1) is 6.18. The second-order valence-electron chi connectivity index (χ2n) is 3.02. The lowest BCUT2D eigenvalue weighted by atomic mass is 10.1. The van der Waals surface area contributed by atoms with Crippen molar-refractivity contribution in [2.45, 2.75) is 6.92 Å². The molecule has 0 aliphatic carbocycles. The molecule has 0 amide bonds. The van der Waals surface area contributed by atoms with Crippen molar-refractivity contribution in [1.29, 1.82) is 0 Å². The fourth-order valence-corrected chi connectivity index (χ4v) is 1.65. The molecule has 0 radical (unpaired) electrons. The fourth-order valence-electron chi connectivity index (χ4n) is 1.28. The summed E-state index contributed by atoms with van der Waals surface area (Å²) in [5.41, 5.74) is 1.93. The van der Waals surface area contributed by atoms with Crippen molar-refractivity contribution >= 4 is 28.2 Å². The quantitative estimate of drug-likeness (QED) is 0.641. The second-order valence-corrected chi connectivity index (χ2v) is 3.84. The number of hydrogen-bond acceptors (Lipinski definition) is 1. The molecule has 1 aromatic rings. The topological polar surface area (TPSA) is 9.23 Å². The Morgan fingerprint density at radius 3 is 2.85 bits per heavy atom. The van der Waals surface area contributed by atoms with Gasteiger partial charge >= 0.3 is 0 Å². The summed E-state index contributed by atoms with van der Waals surface area (Å²) in [5, 5.41) is 1.43. The van der Waals surface area contributed by atoms with Gasteiger partial charge in [0.25, 0.3) is 0 Å². The maximum absolute atomic E-state index is 6.11. The van der Waals surface area contributed by atoms with Gasteiger partial charge in [0.05, 0.1) is 5.03 Å². The van der Waals surface area contributed by atoms with E-state index in [1.807, 2.05) is 19.1 Å². The minimum Gasteiger partial charge on any atom is -0.489 e. The average Bonchev–Trinajstić information content (AvgIpc) is 2.12. The third-order valence-corrected chi connectivity index (χ3v) is 2.76. The lowest BCUT2D eigenvalue weighted by Crippen LogP contribution is -2.07. The monoisotopic (exact) mass is 214 g/mol. The van der Waals surface area contributed by atoms with Gasteiger partial charge in [0.2, 0.25) is 0 Å². The average molecular weight is 215 g/mol. The molecule has 1 heterocycles. The maximum atomic E-state index is 6.11. The van der Waals surface area contributed by atoms with E-state index < -0.39 is 0 Å². The Bertz CT molecular complexity index is 383. The normalized spacial score (nSPS) is 15.3. The molecule has 0 spiro atoms. The van der Waals surface area contributed by atoms with E-state index in [9.17, 15) is 0 Å². The summed E-state index contributed by atoms with van der Waals surface area (Å²) in [4.78, 5) is 0. The molecule has 1 aromatic carbocycles. The summed E-state index contributed by atoms with van der Waals surface area (Å²) in [6.07, 6.45) is 0. The van der Waals surface area contributed by atoms with Gasteiger partial charge < -0.3 is 4.74 Å². The largest absolute Gasteiger partial charge is 0.489 e. The van der Waals surface area contributed by atoms with Gasteiger partial charge in [-0.15, -0.1) is 0 Å². The molecule has 13 heavy (non-hydrogen) atoms. The summed E-state index contributed by atoms with van der Waals surface area (Å²) in [5.74, 6) is 0.806. The predicted octanol–water partition coefficient (Wildman–Crippen LogP) is 3.70. The van der Waals surface area contributed by atoms with Crippen molar-refractivity contribution in [3.05, 3.63) is 34.4 Å². The zero-order valence-electron chi connectivity index (χ0n) is 7.10. The van der Waals surface area contributed by atoms with E-state index in [1.54, 1.807) is 6.07 Å². The minimum atomic E-state index is 0.563. The molecule has 3 heteroatoms. The fraction of sp³-hybridized carbons (Fsp3) is 0.200. The van der Waals surface area contributed by atoms with Crippen LogP contribution in [0.3, 0.4) is 0 Å². The predicted molar refractivity (Wildman–Crippen MR) is 55.4 cm³/mol. The van der Waals surface area contributed by atoms with Crippen LogP contribution in [-0.2, 0) is 0 Å². The van der Waals surface area contributed by atoms with Crippen molar-refractivity contribution in [2.24, 2.45) is 0 Å². The molecule has 0 saturated heterocycles. The van der Waals surface area contributed by atoms with Crippen LogP contribution in [0.15, 0.2) is 23.8 Å². The molecule has 0 bridgehead atoms. The molecule has 0 aromatic heterocycles. The highest BCUT2D eigenvalue weighted by Gasteiger charge is 2.15. The first-order valence-electron chi connectivity index (χ1n) is 3.96. The first kappa shape index (κ1) is 8.92. The number of hydrogen-bond donors (Lipinski definition) is 0. The van der Waals surface area contributed by atoms with Gasteiger partial charge in [-0.3, -0.25) is 0 Å². The van der Waals surface area contributed by atoms with Gasteiger partial charge in [-0.25, -0.2) is 0 Å². The Morgan fingerprint density at radius 2 is 2.08 bits per heavy atom. The first-order valence-corrected chi connectivity index (χ1v) is 4.72. The van der Waals surface area contributed by atoms with Crippen molar-refractivity contribution in [3.63, 3.8) is 0 Å². The van der Waals surface area contributed by atoms with Gasteiger partial charge in [-0.2, -0.15) is 0 Å². The Kier molecular flexibility index (Phi) is 2.22. The lowest BCUT2D eigenvalue weighted by molar-refractivity contribution is 0.347. The van der Waals surface area contributed by atoms with Crippen LogP contribution in [0, 0.1) is 0 Å². The SMILES string of the molecule is CC1=C(Cl)c2cc(Cl)ccc2OC1. The van der Waals surface area contributed by atoms with Crippen LogP contribution >= 0.6 is 23.2 Å². The van der Waals surface area contributed by atoms with Crippen molar-refractivity contribution in [1.82, 2.24) is 0 Å². The summed E-state index contributed by atoms with van der Waals surface area (Å²) in [7, 11) is 0. The zero-order valence-corrected chi connectivity index (χ0v) is 8.62. The standard InChI is InChI=1S/C10H8Cl2O/c1-6-5-13-9-3-2-7(11)4-8(9)10(6)12/h2-4H,5H2,1H3. The van der Waals surface area contributed by atoms with E-state index >= 15 is 0 Å². The summed E-state index contributed by atoms with van der Waals surface area (Å²) >= 11 is 12.0.